The molecule has 1 aliphatic rings. The second kappa shape index (κ2) is 11.4. The SMILES string of the molecule is Cc1ccc(C(CNC(=O)CCNC(=O)NCc2ccccc2)N2CCOCC2)o1. The molecule has 2 aromatic rings. The van der Waals surface area contributed by atoms with Crippen molar-refractivity contribution in [2.45, 2.75) is 25.9 Å². The van der Waals surface area contributed by atoms with Crippen molar-refractivity contribution in [2.75, 3.05) is 39.4 Å². The van der Waals surface area contributed by atoms with Gasteiger partial charge in [-0.15, -0.1) is 0 Å². The van der Waals surface area contributed by atoms with E-state index in [2.05, 4.69) is 20.9 Å². The zero-order valence-electron chi connectivity index (χ0n) is 17.4. The Morgan fingerprint density at radius 1 is 1.03 bits per heavy atom. The van der Waals surface area contributed by atoms with Crippen LogP contribution in [0.4, 0.5) is 4.79 Å². The fourth-order valence-electron chi connectivity index (χ4n) is 3.36. The highest BCUT2D eigenvalue weighted by Crippen LogP contribution is 2.23. The minimum absolute atomic E-state index is 0.0336. The van der Waals surface area contributed by atoms with Gasteiger partial charge in [0.05, 0.1) is 19.3 Å². The van der Waals surface area contributed by atoms with E-state index in [9.17, 15) is 9.59 Å². The second-order valence-electron chi connectivity index (χ2n) is 7.26. The van der Waals surface area contributed by atoms with Gasteiger partial charge in [0, 0.05) is 39.1 Å². The number of morpholine rings is 1. The monoisotopic (exact) mass is 414 g/mol. The Bertz CT molecular complexity index is 802. The molecule has 3 rings (SSSR count). The first-order valence-corrected chi connectivity index (χ1v) is 10.3. The van der Waals surface area contributed by atoms with Gasteiger partial charge in [0.2, 0.25) is 5.91 Å². The highest BCUT2D eigenvalue weighted by molar-refractivity contribution is 5.78. The number of amides is 3. The first kappa shape index (κ1) is 21.9. The number of rotatable bonds is 9. The largest absolute Gasteiger partial charge is 0.465 e. The minimum atomic E-state index is -0.288. The van der Waals surface area contributed by atoms with Gasteiger partial charge in [-0.2, -0.15) is 0 Å². The fraction of sp³-hybridized carbons (Fsp3) is 0.455. The van der Waals surface area contributed by atoms with Gasteiger partial charge in [-0.05, 0) is 24.6 Å². The molecule has 0 bridgehead atoms. The molecule has 8 nitrogen and oxygen atoms in total. The van der Waals surface area contributed by atoms with E-state index in [0.29, 0.717) is 26.3 Å². The van der Waals surface area contributed by atoms with E-state index in [4.69, 9.17) is 9.15 Å². The molecule has 1 saturated heterocycles. The molecule has 2 heterocycles. The molecule has 0 saturated carbocycles. The Morgan fingerprint density at radius 3 is 2.50 bits per heavy atom. The van der Waals surface area contributed by atoms with Crippen LogP contribution in [0.3, 0.4) is 0 Å². The standard InChI is InChI=1S/C22H30N4O4/c1-17-7-8-20(30-17)19(26-11-13-29-14-12-26)16-24-21(27)9-10-23-22(28)25-15-18-5-3-2-4-6-18/h2-8,19H,9-16H2,1H3,(H,24,27)(H2,23,25,28). The van der Waals surface area contributed by atoms with E-state index in [1.54, 1.807) is 0 Å². The molecule has 0 aliphatic carbocycles. The topological polar surface area (TPSA) is 95.8 Å². The second-order valence-corrected chi connectivity index (χ2v) is 7.26. The lowest BCUT2D eigenvalue weighted by molar-refractivity contribution is -0.121. The highest BCUT2D eigenvalue weighted by atomic mass is 16.5. The van der Waals surface area contributed by atoms with Crippen molar-refractivity contribution >= 4 is 11.9 Å². The zero-order chi connectivity index (χ0) is 21.2. The van der Waals surface area contributed by atoms with Gasteiger partial charge in [0.1, 0.15) is 11.5 Å². The van der Waals surface area contributed by atoms with Crippen molar-refractivity contribution in [3.8, 4) is 0 Å². The van der Waals surface area contributed by atoms with Crippen LogP contribution >= 0.6 is 0 Å². The summed E-state index contributed by atoms with van der Waals surface area (Å²) >= 11 is 0. The Morgan fingerprint density at radius 2 is 1.80 bits per heavy atom. The molecule has 162 valence electrons. The number of benzene rings is 1. The molecule has 3 amide bonds. The van der Waals surface area contributed by atoms with Gasteiger partial charge >= 0.3 is 6.03 Å². The summed E-state index contributed by atoms with van der Waals surface area (Å²) in [5.41, 5.74) is 1.02. The fourth-order valence-corrected chi connectivity index (χ4v) is 3.36. The lowest BCUT2D eigenvalue weighted by atomic mass is 10.1. The summed E-state index contributed by atoms with van der Waals surface area (Å²) in [6.07, 6.45) is 0.214. The van der Waals surface area contributed by atoms with Crippen molar-refractivity contribution in [3.63, 3.8) is 0 Å². The minimum Gasteiger partial charge on any atom is -0.465 e. The third-order valence-corrected chi connectivity index (χ3v) is 5.00. The maximum absolute atomic E-state index is 12.3. The van der Waals surface area contributed by atoms with Crippen LogP contribution in [0.25, 0.3) is 0 Å². The van der Waals surface area contributed by atoms with Crippen molar-refractivity contribution in [3.05, 3.63) is 59.5 Å². The number of furan rings is 1. The van der Waals surface area contributed by atoms with Crippen LogP contribution in [-0.4, -0.2) is 56.2 Å². The van der Waals surface area contributed by atoms with E-state index in [1.165, 1.54) is 0 Å². The predicted octanol–water partition coefficient (Wildman–Crippen LogP) is 1.97. The Hall–Kier alpha value is -2.84. The predicted molar refractivity (Wildman–Crippen MR) is 113 cm³/mol. The van der Waals surface area contributed by atoms with Crippen LogP contribution in [0.15, 0.2) is 46.9 Å². The summed E-state index contributed by atoms with van der Waals surface area (Å²) in [5.74, 6) is 1.58. The molecule has 1 aromatic carbocycles. The van der Waals surface area contributed by atoms with Crippen LogP contribution in [0.5, 0.6) is 0 Å². The van der Waals surface area contributed by atoms with E-state index in [-0.39, 0.29) is 30.9 Å². The number of aryl methyl sites for hydroxylation is 1. The van der Waals surface area contributed by atoms with Gasteiger partial charge in [-0.25, -0.2) is 4.79 Å². The number of ether oxygens (including phenoxy) is 1. The Kier molecular flexibility index (Phi) is 8.29. The molecule has 8 heteroatoms. The van der Waals surface area contributed by atoms with Crippen molar-refractivity contribution in [1.82, 2.24) is 20.9 Å². The zero-order valence-corrected chi connectivity index (χ0v) is 17.4. The third-order valence-electron chi connectivity index (χ3n) is 5.00. The lowest BCUT2D eigenvalue weighted by Crippen LogP contribution is -2.44. The normalized spacial score (nSPS) is 15.4. The van der Waals surface area contributed by atoms with Crippen LogP contribution in [-0.2, 0) is 16.1 Å². The Balaban J connectivity index is 1.39. The van der Waals surface area contributed by atoms with Crippen molar-refractivity contribution in [1.29, 1.82) is 0 Å². The quantitative estimate of drug-likeness (QED) is 0.583. The van der Waals surface area contributed by atoms with Gasteiger partial charge in [0.25, 0.3) is 0 Å². The van der Waals surface area contributed by atoms with E-state index in [1.807, 2.05) is 49.4 Å². The number of nitrogens with zero attached hydrogens (tertiary/aromatic N) is 1. The summed E-state index contributed by atoms with van der Waals surface area (Å²) in [4.78, 5) is 26.4. The molecular formula is C22H30N4O4. The number of hydrogen-bond donors (Lipinski definition) is 3. The summed E-state index contributed by atoms with van der Waals surface area (Å²) in [7, 11) is 0. The summed E-state index contributed by atoms with van der Waals surface area (Å²) < 4.78 is 11.2. The van der Waals surface area contributed by atoms with E-state index < -0.39 is 0 Å². The number of urea groups is 1. The first-order valence-electron chi connectivity index (χ1n) is 10.3. The number of hydrogen-bond acceptors (Lipinski definition) is 5. The summed E-state index contributed by atoms with van der Waals surface area (Å²) in [6.45, 7) is 6.02. The van der Waals surface area contributed by atoms with Crippen molar-refractivity contribution < 1.29 is 18.7 Å². The van der Waals surface area contributed by atoms with Crippen LogP contribution < -0.4 is 16.0 Å². The Labute approximate surface area is 177 Å². The average molecular weight is 415 g/mol. The van der Waals surface area contributed by atoms with E-state index >= 15 is 0 Å². The number of carbonyl (C=O) groups excluding carboxylic acids is 2. The van der Waals surface area contributed by atoms with Gasteiger partial charge in [0.15, 0.2) is 0 Å². The first-order chi connectivity index (χ1) is 14.6. The van der Waals surface area contributed by atoms with Gasteiger partial charge in [-0.3, -0.25) is 9.69 Å². The molecule has 3 N–H and O–H groups in total. The average Bonchev–Trinajstić information content (AvgIpc) is 3.20. The third kappa shape index (κ3) is 6.89. The summed E-state index contributed by atoms with van der Waals surface area (Å²) in [5, 5.41) is 8.46. The molecule has 0 radical (unpaired) electrons. The molecule has 1 fully saturated rings. The molecule has 1 aromatic heterocycles. The smallest absolute Gasteiger partial charge is 0.315 e. The number of carbonyl (C=O) groups is 2. The molecular weight excluding hydrogens is 384 g/mol. The molecule has 0 spiro atoms. The van der Waals surface area contributed by atoms with Gasteiger partial charge < -0.3 is 25.1 Å². The van der Waals surface area contributed by atoms with Crippen LogP contribution in [0.1, 0.15) is 29.5 Å². The maximum atomic E-state index is 12.3. The molecule has 1 unspecified atom stereocenters. The van der Waals surface area contributed by atoms with Crippen LogP contribution in [0, 0.1) is 6.92 Å². The molecule has 1 atom stereocenters. The van der Waals surface area contributed by atoms with Crippen molar-refractivity contribution in [2.24, 2.45) is 0 Å². The lowest BCUT2D eigenvalue weighted by Gasteiger charge is -2.33. The van der Waals surface area contributed by atoms with Gasteiger partial charge in [-0.1, -0.05) is 30.3 Å². The maximum Gasteiger partial charge on any atom is 0.315 e. The molecule has 1 aliphatic heterocycles. The van der Waals surface area contributed by atoms with E-state index in [0.717, 1.165) is 30.2 Å². The molecule has 30 heavy (non-hydrogen) atoms. The highest BCUT2D eigenvalue weighted by Gasteiger charge is 2.25. The number of nitrogens with one attached hydrogen (secondary N) is 3. The summed E-state index contributed by atoms with van der Waals surface area (Å²) in [6, 6.07) is 13.2. The van der Waals surface area contributed by atoms with Crippen LogP contribution in [0.2, 0.25) is 0 Å².